The van der Waals surface area contributed by atoms with Crippen molar-refractivity contribution in [2.45, 2.75) is 20.3 Å². The van der Waals surface area contributed by atoms with Crippen molar-refractivity contribution in [3.63, 3.8) is 0 Å². The van der Waals surface area contributed by atoms with E-state index >= 15 is 0 Å². The molecule has 0 aromatic carbocycles. The number of carbonyl (C=O) groups excluding carboxylic acids is 2. The fraction of sp³-hybridized carbons (Fsp3) is 0.455. The van der Waals surface area contributed by atoms with Gasteiger partial charge in [-0.3, -0.25) is 0 Å². The van der Waals surface area contributed by atoms with Crippen LogP contribution >= 0.6 is 0 Å². The van der Waals surface area contributed by atoms with Gasteiger partial charge in [0.2, 0.25) is 0 Å². The first-order chi connectivity index (χ1) is 7.56. The molecular weight excluding hydrogens is 210 g/mol. The Labute approximate surface area is 94.9 Å². The lowest BCUT2D eigenvalue weighted by atomic mass is 10.1. The molecule has 0 saturated heterocycles. The average Bonchev–Trinajstić information content (AvgIpc) is 2.28. The summed E-state index contributed by atoms with van der Waals surface area (Å²) in [6, 6.07) is 0. The molecule has 0 rings (SSSR count). The predicted molar refractivity (Wildman–Crippen MR) is 59.3 cm³/mol. The molecule has 0 saturated carbocycles. The van der Waals surface area contributed by atoms with Crippen molar-refractivity contribution in [3.05, 3.63) is 23.4 Å². The molecule has 0 atom stereocenters. The van der Waals surface area contributed by atoms with Crippen LogP contribution in [0.3, 0.4) is 0 Å². The van der Waals surface area contributed by atoms with Crippen LogP contribution in [0.25, 0.3) is 0 Å². The van der Waals surface area contributed by atoms with E-state index in [9.17, 15) is 9.59 Å². The van der Waals surface area contributed by atoms with Gasteiger partial charge >= 0.3 is 11.9 Å². The fourth-order valence-electron chi connectivity index (χ4n) is 0.948. The molecule has 2 N–H and O–H groups in total. The molecule has 90 valence electrons. The number of esters is 2. The lowest BCUT2D eigenvalue weighted by molar-refractivity contribution is -0.137. The molecule has 0 aromatic rings. The molecule has 0 bridgehead atoms. The molecule has 0 unspecified atom stereocenters. The second-order valence-electron chi connectivity index (χ2n) is 2.87. The van der Waals surface area contributed by atoms with Crippen molar-refractivity contribution in [1.29, 1.82) is 0 Å². The SMILES string of the molecule is CCOC(=O)/C=C/C(C(=O)OC)=C(/N)CC. The summed E-state index contributed by atoms with van der Waals surface area (Å²) in [7, 11) is 1.25. The van der Waals surface area contributed by atoms with E-state index < -0.39 is 11.9 Å². The lowest BCUT2D eigenvalue weighted by Crippen LogP contribution is -2.11. The summed E-state index contributed by atoms with van der Waals surface area (Å²) in [4.78, 5) is 22.4. The zero-order valence-corrected chi connectivity index (χ0v) is 9.78. The molecule has 5 heteroatoms. The number of rotatable bonds is 5. The van der Waals surface area contributed by atoms with Crippen LogP contribution in [0.2, 0.25) is 0 Å². The number of carbonyl (C=O) groups is 2. The van der Waals surface area contributed by atoms with E-state index in [-0.39, 0.29) is 12.2 Å². The third-order valence-electron chi connectivity index (χ3n) is 1.80. The third-order valence-corrected chi connectivity index (χ3v) is 1.80. The fourth-order valence-corrected chi connectivity index (χ4v) is 0.948. The van der Waals surface area contributed by atoms with Crippen LogP contribution in [0.1, 0.15) is 20.3 Å². The zero-order chi connectivity index (χ0) is 12.6. The van der Waals surface area contributed by atoms with Crippen LogP contribution in [0.5, 0.6) is 0 Å². The van der Waals surface area contributed by atoms with Gasteiger partial charge in [0.25, 0.3) is 0 Å². The number of hydrogen-bond donors (Lipinski definition) is 1. The van der Waals surface area contributed by atoms with Crippen LogP contribution in [-0.4, -0.2) is 25.7 Å². The molecule has 0 radical (unpaired) electrons. The standard InChI is InChI=1S/C11H17NO4/c1-4-9(12)8(11(14)15-3)6-7-10(13)16-5-2/h6-7H,4-5,12H2,1-3H3/b7-6+,9-8-. The highest BCUT2D eigenvalue weighted by Crippen LogP contribution is 2.07. The Hall–Kier alpha value is -1.78. The first-order valence-corrected chi connectivity index (χ1v) is 4.98. The molecule has 0 fully saturated rings. The third kappa shape index (κ3) is 4.63. The number of hydrogen-bond acceptors (Lipinski definition) is 5. The molecular formula is C11H17NO4. The van der Waals surface area contributed by atoms with Gasteiger partial charge in [-0.05, 0) is 19.4 Å². The van der Waals surface area contributed by atoms with Crippen LogP contribution < -0.4 is 5.73 Å². The van der Waals surface area contributed by atoms with E-state index in [4.69, 9.17) is 5.73 Å². The van der Waals surface area contributed by atoms with E-state index in [1.807, 2.05) is 0 Å². The highest BCUT2D eigenvalue weighted by Gasteiger charge is 2.10. The Bertz CT molecular complexity index is 318. The van der Waals surface area contributed by atoms with Crippen molar-refractivity contribution >= 4 is 11.9 Å². The average molecular weight is 227 g/mol. The number of methoxy groups -OCH3 is 1. The zero-order valence-electron chi connectivity index (χ0n) is 9.78. The van der Waals surface area contributed by atoms with Gasteiger partial charge in [0.05, 0.1) is 19.3 Å². The molecule has 0 aliphatic rings. The Morgan fingerprint density at radius 2 is 1.88 bits per heavy atom. The Kier molecular flexibility index (Phi) is 6.67. The number of ether oxygens (including phenoxy) is 2. The molecule has 0 aromatic heterocycles. The minimum atomic E-state index is -0.570. The van der Waals surface area contributed by atoms with Gasteiger partial charge in [-0.25, -0.2) is 9.59 Å². The van der Waals surface area contributed by atoms with Crippen molar-refractivity contribution < 1.29 is 19.1 Å². The monoisotopic (exact) mass is 227 g/mol. The van der Waals surface area contributed by atoms with Crippen LogP contribution in [0, 0.1) is 0 Å². The molecule has 0 heterocycles. The molecule has 0 amide bonds. The van der Waals surface area contributed by atoms with Gasteiger partial charge in [0.15, 0.2) is 0 Å². The first kappa shape index (κ1) is 14.2. The van der Waals surface area contributed by atoms with Crippen LogP contribution in [0.15, 0.2) is 23.4 Å². The van der Waals surface area contributed by atoms with E-state index in [0.717, 1.165) is 6.08 Å². The van der Waals surface area contributed by atoms with E-state index in [2.05, 4.69) is 9.47 Å². The second-order valence-corrected chi connectivity index (χ2v) is 2.87. The summed E-state index contributed by atoms with van der Waals surface area (Å²) >= 11 is 0. The molecule has 0 spiro atoms. The van der Waals surface area contributed by atoms with Crippen molar-refractivity contribution in [3.8, 4) is 0 Å². The molecule has 5 nitrogen and oxygen atoms in total. The van der Waals surface area contributed by atoms with Crippen LogP contribution in [0.4, 0.5) is 0 Å². The smallest absolute Gasteiger partial charge is 0.339 e. The second kappa shape index (κ2) is 7.50. The summed E-state index contributed by atoms with van der Waals surface area (Å²) in [5.41, 5.74) is 6.18. The Balaban J connectivity index is 4.83. The van der Waals surface area contributed by atoms with Crippen molar-refractivity contribution in [2.24, 2.45) is 5.73 Å². The number of allylic oxidation sites excluding steroid dienone is 1. The van der Waals surface area contributed by atoms with Gasteiger partial charge in [-0.1, -0.05) is 6.92 Å². The minimum Gasteiger partial charge on any atom is -0.465 e. The van der Waals surface area contributed by atoms with Gasteiger partial charge in [0, 0.05) is 11.8 Å². The summed E-state index contributed by atoms with van der Waals surface area (Å²) in [6.45, 7) is 3.78. The quantitative estimate of drug-likeness (QED) is 0.429. The number of nitrogens with two attached hydrogens (primary N) is 1. The largest absolute Gasteiger partial charge is 0.465 e. The maximum Gasteiger partial charge on any atom is 0.339 e. The molecule has 0 aliphatic carbocycles. The summed E-state index contributed by atoms with van der Waals surface area (Å²) < 4.78 is 9.23. The Morgan fingerprint density at radius 1 is 1.25 bits per heavy atom. The summed E-state index contributed by atoms with van der Waals surface area (Å²) in [5, 5.41) is 0. The first-order valence-electron chi connectivity index (χ1n) is 4.98. The maximum atomic E-state index is 11.3. The van der Waals surface area contributed by atoms with Crippen molar-refractivity contribution in [2.75, 3.05) is 13.7 Å². The van der Waals surface area contributed by atoms with Gasteiger partial charge < -0.3 is 15.2 Å². The predicted octanol–water partition coefficient (Wildman–Crippen LogP) is 0.901. The van der Waals surface area contributed by atoms with Crippen molar-refractivity contribution in [1.82, 2.24) is 0 Å². The summed E-state index contributed by atoms with van der Waals surface area (Å²) in [6.07, 6.45) is 2.96. The summed E-state index contributed by atoms with van der Waals surface area (Å²) in [5.74, 6) is -1.09. The molecule has 16 heavy (non-hydrogen) atoms. The Morgan fingerprint density at radius 3 is 2.31 bits per heavy atom. The highest BCUT2D eigenvalue weighted by molar-refractivity contribution is 5.94. The van der Waals surface area contributed by atoms with Crippen LogP contribution in [-0.2, 0) is 19.1 Å². The van der Waals surface area contributed by atoms with Gasteiger partial charge in [0.1, 0.15) is 0 Å². The normalized spacial score (nSPS) is 12.2. The van der Waals surface area contributed by atoms with E-state index in [1.54, 1.807) is 13.8 Å². The van der Waals surface area contributed by atoms with Gasteiger partial charge in [-0.2, -0.15) is 0 Å². The molecule has 0 aliphatic heterocycles. The minimum absolute atomic E-state index is 0.179. The van der Waals surface area contributed by atoms with E-state index in [0.29, 0.717) is 12.1 Å². The maximum absolute atomic E-state index is 11.3. The lowest BCUT2D eigenvalue weighted by Gasteiger charge is -2.04. The van der Waals surface area contributed by atoms with E-state index in [1.165, 1.54) is 13.2 Å². The highest BCUT2D eigenvalue weighted by atomic mass is 16.5. The topological polar surface area (TPSA) is 78.6 Å². The van der Waals surface area contributed by atoms with Gasteiger partial charge in [-0.15, -0.1) is 0 Å².